The molecule has 1 amide bonds. The first kappa shape index (κ1) is 20.2. The van der Waals surface area contributed by atoms with Crippen molar-refractivity contribution in [2.24, 2.45) is 5.92 Å². The molecule has 3 N–H and O–H groups in total. The quantitative estimate of drug-likeness (QED) is 0.508. The molecule has 11 heteroatoms. The van der Waals surface area contributed by atoms with Gasteiger partial charge < -0.3 is 20.1 Å². The number of carbonyl (C=O) groups excluding carboxylic acids is 1. The van der Waals surface area contributed by atoms with E-state index in [1.807, 2.05) is 10.7 Å². The fourth-order valence-corrected chi connectivity index (χ4v) is 5.56. The van der Waals surface area contributed by atoms with Gasteiger partial charge in [-0.2, -0.15) is 10.2 Å². The topological polar surface area (TPSA) is 118 Å². The van der Waals surface area contributed by atoms with Crippen LogP contribution in [0.1, 0.15) is 61.9 Å². The summed E-state index contributed by atoms with van der Waals surface area (Å²) in [7, 11) is 0. The lowest BCUT2D eigenvalue weighted by Crippen LogP contribution is -2.68. The summed E-state index contributed by atoms with van der Waals surface area (Å²) in [5.74, 6) is 2.36. The van der Waals surface area contributed by atoms with Crippen molar-refractivity contribution < 1.29 is 18.7 Å². The number of halogens is 1. The van der Waals surface area contributed by atoms with E-state index in [0.29, 0.717) is 23.2 Å². The maximum Gasteiger partial charge on any atom is 0.408 e. The number of H-pyrrole nitrogens is 1. The second-order valence-corrected chi connectivity index (χ2v) is 10.2. The lowest BCUT2D eigenvalue weighted by atomic mass is 9.50. The number of ether oxygens (including phenoxy) is 2. The van der Waals surface area contributed by atoms with Gasteiger partial charge >= 0.3 is 6.09 Å². The molecular weight excluding hydrogens is 441 g/mol. The van der Waals surface area contributed by atoms with Gasteiger partial charge in [0, 0.05) is 29.9 Å². The molecule has 0 radical (unpaired) electrons. The van der Waals surface area contributed by atoms with Crippen molar-refractivity contribution in [3.63, 3.8) is 0 Å². The minimum absolute atomic E-state index is 0.00269. The highest BCUT2D eigenvalue weighted by atomic mass is 19.1. The van der Waals surface area contributed by atoms with E-state index < -0.39 is 24.5 Å². The normalized spacial score (nSPS) is 32.0. The number of hydrogen-bond donors (Lipinski definition) is 3. The molecule has 8 rings (SSSR count). The molecule has 5 aliphatic rings. The highest BCUT2D eigenvalue weighted by Gasteiger charge is 2.58. The van der Waals surface area contributed by atoms with Gasteiger partial charge in [-0.25, -0.2) is 18.7 Å². The Morgan fingerprint density at radius 3 is 2.88 bits per heavy atom. The zero-order valence-electron chi connectivity index (χ0n) is 18.5. The first-order chi connectivity index (χ1) is 16.6. The van der Waals surface area contributed by atoms with E-state index in [9.17, 15) is 4.79 Å². The molecule has 3 aromatic heterocycles. The number of hydrogen-bond acceptors (Lipinski definition) is 7. The molecule has 4 aliphatic carbocycles. The van der Waals surface area contributed by atoms with Gasteiger partial charge in [-0.3, -0.25) is 5.10 Å². The zero-order chi connectivity index (χ0) is 22.9. The average molecular weight is 468 g/mol. The molecular formula is C23H26FN7O3. The number of nitrogens with one attached hydrogen (secondary N) is 3. The molecule has 2 bridgehead atoms. The molecule has 178 valence electrons. The van der Waals surface area contributed by atoms with E-state index in [1.165, 1.54) is 19.3 Å². The summed E-state index contributed by atoms with van der Waals surface area (Å²) in [6, 6.07) is 3.75. The number of rotatable bonds is 6. The largest absolute Gasteiger partial charge is 0.441 e. The molecule has 5 fully saturated rings. The minimum Gasteiger partial charge on any atom is -0.441 e. The zero-order valence-corrected chi connectivity index (χ0v) is 18.5. The lowest BCUT2D eigenvalue weighted by Gasteiger charge is -2.61. The number of fused-ring (bicyclic) bond motifs is 1. The molecule has 4 saturated carbocycles. The Balaban J connectivity index is 1.02. The third-order valence-electron chi connectivity index (χ3n) is 7.83. The van der Waals surface area contributed by atoms with Crippen LogP contribution in [-0.4, -0.2) is 55.3 Å². The van der Waals surface area contributed by atoms with Crippen LogP contribution in [0.3, 0.4) is 0 Å². The molecule has 4 heterocycles. The molecule has 1 saturated heterocycles. The fraction of sp³-hybridized carbons (Fsp3) is 0.565. The van der Waals surface area contributed by atoms with Gasteiger partial charge in [0.15, 0.2) is 23.9 Å². The summed E-state index contributed by atoms with van der Waals surface area (Å²) in [5.41, 5.74) is 2.30. The monoisotopic (exact) mass is 467 g/mol. The number of aromatic amines is 1. The number of amides is 1. The Morgan fingerprint density at radius 2 is 2.15 bits per heavy atom. The molecule has 0 unspecified atom stereocenters. The van der Waals surface area contributed by atoms with Gasteiger partial charge in [-0.1, -0.05) is 6.42 Å². The second-order valence-electron chi connectivity index (χ2n) is 10.2. The van der Waals surface area contributed by atoms with Crippen LogP contribution in [0.25, 0.3) is 5.52 Å². The van der Waals surface area contributed by atoms with Gasteiger partial charge in [0.1, 0.15) is 11.6 Å². The summed E-state index contributed by atoms with van der Waals surface area (Å²) < 4.78 is 27.8. The molecule has 3 atom stereocenters. The van der Waals surface area contributed by atoms with Crippen molar-refractivity contribution in [3.8, 4) is 0 Å². The summed E-state index contributed by atoms with van der Waals surface area (Å²) in [6.07, 6.45) is 6.18. The second kappa shape index (κ2) is 7.39. The van der Waals surface area contributed by atoms with Crippen LogP contribution in [0.4, 0.5) is 20.8 Å². The number of alkyl halides is 1. The standard InChI is InChI=1S/C23H26FN7O3/c24-19-17(34-22(32)27-23-8-12(9-23)10-23)11-33-20(19)15-7-18(29-28-15)26-21-16-6-14(13-2-1-3-13)30-31(16)5-4-25-21/h4-7,12-13,17,19-20H,1-3,8-11H2,(H,27,32)(H2,25,26,28,29)/t12?,17-,19-,20-,23?/m1/s1. The SMILES string of the molecule is O=C(NC12CC(C1)C2)O[C@@H]1CO[C@H](c2cc(Nc3nccn4nc(C5CCC5)cc34)n[nH]2)[C@@H]1F. The smallest absolute Gasteiger partial charge is 0.408 e. The van der Waals surface area contributed by atoms with Crippen molar-refractivity contribution in [1.82, 2.24) is 30.1 Å². The maximum absolute atomic E-state index is 15.1. The highest BCUT2D eigenvalue weighted by molar-refractivity contribution is 5.72. The van der Waals surface area contributed by atoms with E-state index in [0.717, 1.165) is 36.4 Å². The van der Waals surface area contributed by atoms with Gasteiger partial charge in [-0.15, -0.1) is 0 Å². The minimum atomic E-state index is -1.49. The molecule has 3 aromatic rings. The Morgan fingerprint density at radius 1 is 1.29 bits per heavy atom. The number of aromatic nitrogens is 5. The average Bonchev–Trinajstić information content (AvgIpc) is 3.43. The third-order valence-corrected chi connectivity index (χ3v) is 7.83. The molecule has 34 heavy (non-hydrogen) atoms. The number of anilines is 2. The predicted octanol–water partition coefficient (Wildman–Crippen LogP) is 3.52. The molecule has 0 aromatic carbocycles. The summed E-state index contributed by atoms with van der Waals surface area (Å²) >= 11 is 0. The molecule has 1 aliphatic heterocycles. The van der Waals surface area contributed by atoms with E-state index >= 15 is 4.39 Å². The van der Waals surface area contributed by atoms with Crippen molar-refractivity contribution >= 4 is 23.2 Å². The highest BCUT2D eigenvalue weighted by Crippen LogP contribution is 2.57. The number of nitrogens with zero attached hydrogens (tertiary/aromatic N) is 4. The summed E-state index contributed by atoms with van der Waals surface area (Å²) in [6.45, 7) is -0.00269. The molecule has 10 nitrogen and oxygen atoms in total. The van der Waals surface area contributed by atoms with E-state index in [2.05, 4.69) is 37.0 Å². The maximum atomic E-state index is 15.1. The van der Waals surface area contributed by atoms with Crippen LogP contribution in [0.5, 0.6) is 0 Å². The van der Waals surface area contributed by atoms with Crippen molar-refractivity contribution in [2.45, 2.75) is 68.4 Å². The van der Waals surface area contributed by atoms with E-state index in [-0.39, 0.29) is 12.1 Å². The first-order valence-corrected chi connectivity index (χ1v) is 12.0. The van der Waals surface area contributed by atoms with E-state index in [4.69, 9.17) is 9.47 Å². The Kier molecular flexibility index (Phi) is 4.39. The van der Waals surface area contributed by atoms with Gasteiger partial charge in [0.05, 0.1) is 18.0 Å². The van der Waals surface area contributed by atoms with Gasteiger partial charge in [0.2, 0.25) is 0 Å². The van der Waals surface area contributed by atoms with Crippen molar-refractivity contribution in [2.75, 3.05) is 11.9 Å². The van der Waals surface area contributed by atoms with Crippen molar-refractivity contribution in [1.29, 1.82) is 0 Å². The van der Waals surface area contributed by atoms with Crippen LogP contribution in [-0.2, 0) is 9.47 Å². The van der Waals surface area contributed by atoms with Crippen LogP contribution in [0.15, 0.2) is 24.5 Å². The van der Waals surface area contributed by atoms with Crippen LogP contribution < -0.4 is 10.6 Å². The van der Waals surface area contributed by atoms with Crippen LogP contribution in [0.2, 0.25) is 0 Å². The summed E-state index contributed by atoms with van der Waals surface area (Å²) in [5, 5.41) is 17.9. The first-order valence-electron chi connectivity index (χ1n) is 12.0. The summed E-state index contributed by atoms with van der Waals surface area (Å²) in [4.78, 5) is 16.6. The van der Waals surface area contributed by atoms with Crippen LogP contribution in [0, 0.1) is 5.92 Å². The third kappa shape index (κ3) is 3.24. The van der Waals surface area contributed by atoms with Crippen LogP contribution >= 0.6 is 0 Å². The van der Waals surface area contributed by atoms with Gasteiger partial charge in [0.25, 0.3) is 0 Å². The predicted molar refractivity (Wildman–Crippen MR) is 119 cm³/mol. The Bertz CT molecular complexity index is 1240. The lowest BCUT2D eigenvalue weighted by molar-refractivity contribution is -0.0528. The fourth-order valence-electron chi connectivity index (χ4n) is 5.56. The number of carbonyl (C=O) groups is 1. The Labute approximate surface area is 194 Å². The van der Waals surface area contributed by atoms with E-state index in [1.54, 1.807) is 12.3 Å². The van der Waals surface area contributed by atoms with Crippen molar-refractivity contribution in [3.05, 3.63) is 35.9 Å². The van der Waals surface area contributed by atoms with Gasteiger partial charge in [-0.05, 0) is 44.1 Å². The molecule has 0 spiro atoms. The Hall–Kier alpha value is -3.21. The number of alkyl carbamates (subject to hydrolysis) is 1.